The third-order valence-corrected chi connectivity index (χ3v) is 4.80. The molecule has 6 nitrogen and oxygen atoms in total. The van der Waals surface area contributed by atoms with Crippen LogP contribution in [-0.4, -0.2) is 43.6 Å². The molecule has 0 radical (unpaired) electrons. The predicted octanol–water partition coefficient (Wildman–Crippen LogP) is 4.07. The zero-order valence-corrected chi connectivity index (χ0v) is 16.8. The molecule has 0 unspecified atom stereocenters. The van der Waals surface area contributed by atoms with Crippen molar-refractivity contribution in [3.8, 4) is 0 Å². The normalized spacial score (nSPS) is 14.3. The summed E-state index contributed by atoms with van der Waals surface area (Å²) in [5.41, 5.74) is 3.28. The number of ether oxygens (including phenoxy) is 1. The lowest BCUT2D eigenvalue weighted by atomic mass is 10.1. The second-order valence-electron chi connectivity index (χ2n) is 6.84. The van der Waals surface area contributed by atoms with Crippen LogP contribution in [0.2, 0.25) is 5.02 Å². The molecule has 0 saturated carbocycles. The van der Waals surface area contributed by atoms with Gasteiger partial charge in [-0.1, -0.05) is 29.8 Å². The number of aryl methyl sites for hydroxylation is 1. The summed E-state index contributed by atoms with van der Waals surface area (Å²) in [6.45, 7) is 3.68. The molecular formula is C21H24ClN3O3. The van der Waals surface area contributed by atoms with Gasteiger partial charge in [-0.3, -0.25) is 9.69 Å². The Morgan fingerprint density at radius 1 is 1.21 bits per heavy atom. The summed E-state index contributed by atoms with van der Waals surface area (Å²) in [4.78, 5) is 28.7. The van der Waals surface area contributed by atoms with Crippen LogP contribution in [0.4, 0.5) is 16.2 Å². The van der Waals surface area contributed by atoms with Crippen molar-refractivity contribution >= 4 is 34.9 Å². The van der Waals surface area contributed by atoms with Crippen LogP contribution < -0.4 is 10.2 Å². The van der Waals surface area contributed by atoms with E-state index in [1.165, 1.54) is 7.11 Å². The van der Waals surface area contributed by atoms with Crippen molar-refractivity contribution in [3.05, 3.63) is 58.6 Å². The second kappa shape index (κ2) is 9.08. The van der Waals surface area contributed by atoms with Gasteiger partial charge in [-0.2, -0.15) is 0 Å². The van der Waals surface area contributed by atoms with E-state index in [0.29, 0.717) is 36.0 Å². The Bertz CT molecular complexity index is 872. The number of nitrogens with one attached hydrogen (secondary N) is 1. The molecule has 2 aromatic rings. The number of urea groups is 1. The van der Waals surface area contributed by atoms with Crippen molar-refractivity contribution in [3.63, 3.8) is 0 Å². The summed E-state index contributed by atoms with van der Waals surface area (Å²) in [6, 6.07) is 13.1. The van der Waals surface area contributed by atoms with E-state index in [0.717, 1.165) is 17.5 Å². The lowest BCUT2D eigenvalue weighted by molar-refractivity contribution is -0.119. The Hall–Kier alpha value is -2.57. The topological polar surface area (TPSA) is 61.9 Å². The van der Waals surface area contributed by atoms with Gasteiger partial charge >= 0.3 is 6.03 Å². The fraction of sp³-hybridized carbons (Fsp3) is 0.333. The maximum atomic E-state index is 13.1. The number of methoxy groups -OCH3 is 1. The van der Waals surface area contributed by atoms with E-state index >= 15 is 0 Å². The maximum absolute atomic E-state index is 13.1. The van der Waals surface area contributed by atoms with Crippen LogP contribution >= 0.6 is 11.6 Å². The van der Waals surface area contributed by atoms with Crippen molar-refractivity contribution in [1.82, 2.24) is 4.90 Å². The number of nitrogens with zero attached hydrogens (tertiary/aromatic N) is 2. The number of halogens is 1. The van der Waals surface area contributed by atoms with Gasteiger partial charge in [0.2, 0.25) is 5.91 Å². The van der Waals surface area contributed by atoms with Crippen molar-refractivity contribution in [2.45, 2.75) is 19.9 Å². The molecule has 0 atom stereocenters. The number of anilines is 2. The molecule has 1 aliphatic heterocycles. The molecule has 148 valence electrons. The third kappa shape index (κ3) is 4.82. The lowest BCUT2D eigenvalue weighted by Gasteiger charge is -2.36. The summed E-state index contributed by atoms with van der Waals surface area (Å²) in [6.07, 6.45) is 0.839. The zero-order valence-electron chi connectivity index (χ0n) is 16.1. The van der Waals surface area contributed by atoms with E-state index in [-0.39, 0.29) is 18.5 Å². The van der Waals surface area contributed by atoms with E-state index in [9.17, 15) is 9.59 Å². The largest absolute Gasteiger partial charge is 0.375 e. The predicted molar refractivity (Wildman–Crippen MR) is 111 cm³/mol. The minimum atomic E-state index is -0.255. The van der Waals surface area contributed by atoms with Crippen molar-refractivity contribution < 1.29 is 14.3 Å². The monoisotopic (exact) mass is 401 g/mol. The van der Waals surface area contributed by atoms with Crippen LogP contribution in [0.15, 0.2) is 42.5 Å². The van der Waals surface area contributed by atoms with Crippen LogP contribution in [0.25, 0.3) is 0 Å². The van der Waals surface area contributed by atoms with Crippen LogP contribution in [0.5, 0.6) is 0 Å². The fourth-order valence-corrected chi connectivity index (χ4v) is 3.52. The smallest absolute Gasteiger partial charge is 0.324 e. The van der Waals surface area contributed by atoms with E-state index in [1.807, 2.05) is 49.4 Å². The molecule has 2 aromatic carbocycles. The van der Waals surface area contributed by atoms with E-state index in [1.54, 1.807) is 9.80 Å². The quantitative estimate of drug-likeness (QED) is 0.793. The summed E-state index contributed by atoms with van der Waals surface area (Å²) < 4.78 is 4.89. The molecule has 3 amide bonds. The van der Waals surface area contributed by atoms with Gasteiger partial charge in [0, 0.05) is 31.8 Å². The lowest BCUT2D eigenvalue weighted by Crippen LogP contribution is -2.49. The third-order valence-electron chi connectivity index (χ3n) is 4.57. The highest BCUT2D eigenvalue weighted by Crippen LogP contribution is 2.30. The van der Waals surface area contributed by atoms with Gasteiger partial charge in [0.15, 0.2) is 0 Å². The van der Waals surface area contributed by atoms with Gasteiger partial charge in [-0.25, -0.2) is 4.79 Å². The minimum absolute atomic E-state index is 0.0395. The fourth-order valence-electron chi connectivity index (χ4n) is 3.31. The first-order valence-electron chi connectivity index (χ1n) is 9.18. The van der Waals surface area contributed by atoms with Crippen LogP contribution in [0, 0.1) is 6.92 Å². The van der Waals surface area contributed by atoms with Gasteiger partial charge in [0.1, 0.15) is 6.61 Å². The van der Waals surface area contributed by atoms with E-state index in [4.69, 9.17) is 16.3 Å². The van der Waals surface area contributed by atoms with Gasteiger partial charge in [0.25, 0.3) is 0 Å². The van der Waals surface area contributed by atoms with Gasteiger partial charge in [-0.05, 0) is 48.7 Å². The molecule has 28 heavy (non-hydrogen) atoms. The number of hydrogen-bond acceptors (Lipinski definition) is 3. The Labute approximate surface area is 170 Å². The Balaban J connectivity index is 1.82. The number of rotatable bonds is 6. The summed E-state index contributed by atoms with van der Waals surface area (Å²) in [5, 5.41) is 3.50. The first-order valence-corrected chi connectivity index (χ1v) is 9.56. The van der Waals surface area contributed by atoms with Crippen LogP contribution in [0.1, 0.15) is 17.5 Å². The molecule has 0 bridgehead atoms. The van der Waals surface area contributed by atoms with Crippen molar-refractivity contribution in [2.24, 2.45) is 0 Å². The molecule has 1 fully saturated rings. The summed E-state index contributed by atoms with van der Waals surface area (Å²) in [5.74, 6) is -0.255. The second-order valence-corrected chi connectivity index (χ2v) is 7.28. The van der Waals surface area contributed by atoms with Gasteiger partial charge in [-0.15, -0.1) is 0 Å². The van der Waals surface area contributed by atoms with E-state index in [2.05, 4.69) is 5.32 Å². The highest BCUT2D eigenvalue weighted by molar-refractivity contribution is 6.30. The van der Waals surface area contributed by atoms with Crippen LogP contribution in [-0.2, 0) is 16.1 Å². The maximum Gasteiger partial charge on any atom is 0.324 e. The molecule has 1 N–H and O–H groups in total. The SMILES string of the molecule is COCC(=O)Nc1cc(C)ccc1N1CCCN(Cc2cccc(Cl)c2)C1=O. The molecular weight excluding hydrogens is 378 g/mol. The first-order chi connectivity index (χ1) is 13.5. The Morgan fingerprint density at radius 3 is 2.79 bits per heavy atom. The number of benzene rings is 2. The Kier molecular flexibility index (Phi) is 6.54. The number of carbonyl (C=O) groups is 2. The standard InChI is InChI=1S/C21H24ClN3O3/c1-15-7-8-19(18(11-15)23-20(26)14-28-2)25-10-4-9-24(21(25)27)13-16-5-3-6-17(22)12-16/h3,5-8,11-12H,4,9-10,13-14H2,1-2H3,(H,23,26). The molecule has 0 aliphatic carbocycles. The summed E-state index contributed by atoms with van der Waals surface area (Å²) >= 11 is 6.07. The average molecular weight is 402 g/mol. The van der Waals surface area contributed by atoms with Crippen molar-refractivity contribution in [1.29, 1.82) is 0 Å². The first kappa shape index (κ1) is 20.2. The number of amides is 3. The van der Waals surface area contributed by atoms with E-state index < -0.39 is 0 Å². The average Bonchev–Trinajstić information content (AvgIpc) is 2.64. The Morgan fingerprint density at radius 2 is 2.04 bits per heavy atom. The molecule has 7 heteroatoms. The van der Waals surface area contributed by atoms with Crippen molar-refractivity contribution in [2.75, 3.05) is 37.0 Å². The number of hydrogen-bond donors (Lipinski definition) is 1. The zero-order chi connectivity index (χ0) is 20.1. The highest BCUT2D eigenvalue weighted by atomic mass is 35.5. The highest BCUT2D eigenvalue weighted by Gasteiger charge is 2.28. The molecule has 1 aliphatic rings. The molecule has 1 saturated heterocycles. The molecule has 1 heterocycles. The molecule has 3 rings (SSSR count). The number of carbonyl (C=O) groups excluding carboxylic acids is 2. The molecule has 0 aromatic heterocycles. The van der Waals surface area contributed by atoms with Gasteiger partial charge < -0.3 is 15.0 Å². The molecule has 0 spiro atoms. The van der Waals surface area contributed by atoms with Gasteiger partial charge in [0.05, 0.1) is 11.4 Å². The minimum Gasteiger partial charge on any atom is -0.375 e. The summed E-state index contributed by atoms with van der Waals surface area (Å²) in [7, 11) is 1.47. The van der Waals surface area contributed by atoms with Crippen LogP contribution in [0.3, 0.4) is 0 Å².